The maximum absolute atomic E-state index is 13.1. The molecule has 5 nitrogen and oxygen atoms in total. The lowest BCUT2D eigenvalue weighted by Gasteiger charge is -2.31. The molecule has 0 saturated carbocycles. The number of hydrogen-bond acceptors (Lipinski definition) is 5. The van der Waals surface area contributed by atoms with E-state index in [0.29, 0.717) is 0 Å². The lowest BCUT2D eigenvalue weighted by Crippen LogP contribution is -2.42. The average molecular weight is 334 g/mol. The molecule has 2 fully saturated rings. The van der Waals surface area contributed by atoms with Gasteiger partial charge in [-0.2, -0.15) is 0 Å². The Morgan fingerprint density at radius 2 is 1.45 bits per heavy atom. The molecular formula is C15H18N4OS2. The smallest absolute Gasteiger partial charge is 0.315 e. The van der Waals surface area contributed by atoms with Crippen LogP contribution >= 0.6 is 22.7 Å². The van der Waals surface area contributed by atoms with Crippen LogP contribution in [0.3, 0.4) is 0 Å². The number of carbonyl (C=O) groups excluding carboxylic acids is 1. The highest BCUT2D eigenvalue weighted by atomic mass is 32.1. The highest BCUT2D eigenvalue weighted by Gasteiger charge is 2.39. The van der Waals surface area contributed by atoms with Gasteiger partial charge in [-0.05, 0) is 25.7 Å². The van der Waals surface area contributed by atoms with E-state index < -0.39 is 0 Å². The standard InChI is InChI=1S/C15H18N4OS2/c20-15(18-7-1-3-11(18)13-16-5-9-21-13)19-8-2-4-12(19)14-17-6-10-22-14/h5-6,9-12H,1-4,7-8H2. The van der Waals surface area contributed by atoms with Crippen LogP contribution in [0.25, 0.3) is 0 Å². The van der Waals surface area contributed by atoms with Gasteiger partial charge in [0.2, 0.25) is 0 Å². The predicted octanol–water partition coefficient (Wildman–Crippen LogP) is 3.69. The maximum atomic E-state index is 13.1. The monoisotopic (exact) mass is 334 g/mol. The molecule has 4 heterocycles. The summed E-state index contributed by atoms with van der Waals surface area (Å²) in [6, 6.07) is 0.477. The fourth-order valence-corrected chi connectivity index (χ4v) is 5.04. The molecule has 0 radical (unpaired) electrons. The first-order valence-electron chi connectivity index (χ1n) is 7.70. The lowest BCUT2D eigenvalue weighted by molar-refractivity contribution is 0.143. The van der Waals surface area contributed by atoms with Crippen LogP contribution in [0.5, 0.6) is 0 Å². The molecule has 4 rings (SSSR count). The van der Waals surface area contributed by atoms with E-state index in [2.05, 4.69) is 9.97 Å². The quantitative estimate of drug-likeness (QED) is 0.841. The van der Waals surface area contributed by atoms with Crippen molar-refractivity contribution in [1.29, 1.82) is 0 Å². The minimum Gasteiger partial charge on any atom is -0.315 e. The summed E-state index contributed by atoms with van der Waals surface area (Å²) in [6.07, 6.45) is 7.83. The largest absolute Gasteiger partial charge is 0.321 e. The van der Waals surface area contributed by atoms with E-state index in [1.54, 1.807) is 22.7 Å². The molecule has 0 spiro atoms. The van der Waals surface area contributed by atoms with Gasteiger partial charge in [-0.25, -0.2) is 14.8 Å². The second-order valence-electron chi connectivity index (χ2n) is 5.73. The molecule has 2 amide bonds. The first kappa shape index (κ1) is 14.1. The second kappa shape index (κ2) is 5.96. The van der Waals surface area contributed by atoms with Gasteiger partial charge < -0.3 is 9.80 Å². The van der Waals surface area contributed by atoms with Crippen molar-refractivity contribution in [1.82, 2.24) is 19.8 Å². The van der Waals surface area contributed by atoms with E-state index in [4.69, 9.17) is 0 Å². The number of rotatable bonds is 2. The van der Waals surface area contributed by atoms with Crippen molar-refractivity contribution in [2.24, 2.45) is 0 Å². The Kier molecular flexibility index (Phi) is 3.83. The van der Waals surface area contributed by atoms with Crippen molar-refractivity contribution in [3.8, 4) is 0 Å². The Labute approximate surface area is 137 Å². The number of thiazole rings is 2. The first-order valence-corrected chi connectivity index (χ1v) is 9.46. The van der Waals surface area contributed by atoms with Crippen LogP contribution < -0.4 is 0 Å². The van der Waals surface area contributed by atoms with Gasteiger partial charge in [-0.3, -0.25) is 0 Å². The van der Waals surface area contributed by atoms with E-state index in [-0.39, 0.29) is 18.1 Å². The Morgan fingerprint density at radius 1 is 0.955 bits per heavy atom. The zero-order valence-corrected chi connectivity index (χ0v) is 13.9. The SMILES string of the molecule is O=C(N1CCCC1c1nccs1)N1CCCC1c1nccs1. The van der Waals surface area contributed by atoms with Crippen LogP contribution in [0.4, 0.5) is 4.79 Å². The van der Waals surface area contributed by atoms with Crippen molar-refractivity contribution in [3.63, 3.8) is 0 Å². The summed E-state index contributed by atoms with van der Waals surface area (Å²) in [5.41, 5.74) is 0. The van der Waals surface area contributed by atoms with Gasteiger partial charge in [0, 0.05) is 36.2 Å². The number of nitrogens with zero attached hydrogens (tertiary/aromatic N) is 4. The minimum absolute atomic E-state index is 0.157. The third kappa shape index (κ3) is 2.42. The zero-order valence-electron chi connectivity index (χ0n) is 12.2. The van der Waals surface area contributed by atoms with E-state index in [1.807, 2.05) is 33.0 Å². The van der Waals surface area contributed by atoms with Crippen molar-refractivity contribution in [2.45, 2.75) is 37.8 Å². The molecule has 2 aromatic heterocycles. The summed E-state index contributed by atoms with van der Waals surface area (Å²) in [6.45, 7) is 1.67. The van der Waals surface area contributed by atoms with Crippen LogP contribution in [-0.4, -0.2) is 38.9 Å². The minimum atomic E-state index is 0.157. The van der Waals surface area contributed by atoms with Crippen molar-refractivity contribution in [2.75, 3.05) is 13.1 Å². The summed E-state index contributed by atoms with van der Waals surface area (Å²) >= 11 is 3.30. The van der Waals surface area contributed by atoms with Gasteiger partial charge in [0.1, 0.15) is 10.0 Å². The first-order chi connectivity index (χ1) is 10.8. The molecular weight excluding hydrogens is 316 g/mol. The number of amides is 2. The van der Waals surface area contributed by atoms with Crippen LogP contribution in [0.15, 0.2) is 23.2 Å². The molecule has 0 aromatic carbocycles. The number of aromatic nitrogens is 2. The third-order valence-electron chi connectivity index (χ3n) is 4.47. The highest BCUT2D eigenvalue weighted by Crippen LogP contribution is 2.38. The predicted molar refractivity (Wildman–Crippen MR) is 87.0 cm³/mol. The molecule has 7 heteroatoms. The number of hydrogen-bond donors (Lipinski definition) is 0. The van der Waals surface area contributed by atoms with E-state index in [9.17, 15) is 4.79 Å². The topological polar surface area (TPSA) is 49.3 Å². The summed E-state index contributed by atoms with van der Waals surface area (Å²) in [7, 11) is 0. The van der Waals surface area contributed by atoms with Crippen molar-refractivity contribution in [3.05, 3.63) is 33.2 Å². The second-order valence-corrected chi connectivity index (χ2v) is 7.58. The van der Waals surface area contributed by atoms with Crippen molar-refractivity contribution >= 4 is 28.7 Å². The van der Waals surface area contributed by atoms with Gasteiger partial charge in [0.15, 0.2) is 0 Å². The molecule has 2 unspecified atom stereocenters. The number of carbonyl (C=O) groups is 1. The van der Waals surface area contributed by atoms with E-state index >= 15 is 0 Å². The molecule has 0 aliphatic carbocycles. The van der Waals surface area contributed by atoms with Gasteiger partial charge >= 0.3 is 6.03 Å². The van der Waals surface area contributed by atoms with Gasteiger partial charge in [0.05, 0.1) is 12.1 Å². The fourth-order valence-electron chi connectivity index (χ4n) is 3.47. The lowest BCUT2D eigenvalue weighted by atomic mass is 10.2. The molecule has 22 heavy (non-hydrogen) atoms. The molecule has 2 aliphatic rings. The van der Waals surface area contributed by atoms with Gasteiger partial charge in [-0.1, -0.05) is 0 Å². The normalized spacial score (nSPS) is 25.1. The Hall–Kier alpha value is -1.47. The average Bonchev–Trinajstić information content (AvgIpc) is 3.35. The van der Waals surface area contributed by atoms with E-state index in [0.717, 1.165) is 48.8 Å². The van der Waals surface area contributed by atoms with Crippen LogP contribution in [0.1, 0.15) is 47.8 Å². The summed E-state index contributed by atoms with van der Waals surface area (Å²) < 4.78 is 0. The summed E-state index contributed by atoms with van der Waals surface area (Å²) in [4.78, 5) is 25.9. The van der Waals surface area contributed by atoms with Crippen LogP contribution in [0, 0.1) is 0 Å². The maximum Gasteiger partial charge on any atom is 0.321 e. The molecule has 0 bridgehead atoms. The van der Waals surface area contributed by atoms with Gasteiger partial charge in [-0.15, -0.1) is 22.7 Å². The summed E-state index contributed by atoms with van der Waals surface area (Å²) in [5.74, 6) is 0. The molecule has 2 saturated heterocycles. The molecule has 2 atom stereocenters. The zero-order chi connectivity index (χ0) is 14.9. The van der Waals surface area contributed by atoms with Gasteiger partial charge in [0.25, 0.3) is 0 Å². The third-order valence-corrected chi connectivity index (χ3v) is 6.22. The molecule has 116 valence electrons. The molecule has 2 aromatic rings. The summed E-state index contributed by atoms with van der Waals surface area (Å²) in [5, 5.41) is 6.11. The highest BCUT2D eigenvalue weighted by molar-refractivity contribution is 7.09. The fraction of sp³-hybridized carbons (Fsp3) is 0.533. The van der Waals surface area contributed by atoms with Crippen LogP contribution in [-0.2, 0) is 0 Å². The van der Waals surface area contributed by atoms with Crippen molar-refractivity contribution < 1.29 is 4.79 Å². The number of urea groups is 1. The Bertz CT molecular complexity index is 574. The Morgan fingerprint density at radius 3 is 1.86 bits per heavy atom. The van der Waals surface area contributed by atoms with Crippen LogP contribution in [0.2, 0.25) is 0 Å². The number of likely N-dealkylation sites (tertiary alicyclic amines) is 2. The Balaban J connectivity index is 1.55. The van der Waals surface area contributed by atoms with E-state index in [1.165, 1.54) is 0 Å². The molecule has 2 aliphatic heterocycles. The molecule has 0 N–H and O–H groups in total.